The highest BCUT2D eigenvalue weighted by Gasteiger charge is 2.25. The summed E-state index contributed by atoms with van der Waals surface area (Å²) in [4.78, 5) is 29.7. The zero-order valence-corrected chi connectivity index (χ0v) is 19.3. The maximum absolute atomic E-state index is 12.9. The van der Waals surface area contributed by atoms with Gasteiger partial charge in [0.1, 0.15) is 17.5 Å². The molecule has 4 aromatic heterocycles. The molecule has 4 rings (SSSR count). The van der Waals surface area contributed by atoms with Crippen LogP contribution in [-0.4, -0.2) is 66.2 Å². The number of rotatable bonds is 9. The Kier molecular flexibility index (Phi) is 7.48. The first-order chi connectivity index (χ1) is 16.4. The van der Waals surface area contributed by atoms with Crippen molar-refractivity contribution in [3.8, 4) is 11.7 Å². The summed E-state index contributed by atoms with van der Waals surface area (Å²) >= 11 is 12.1. The number of carbonyl (C=O) groups excluding carboxylic acids is 1. The lowest BCUT2D eigenvalue weighted by Crippen LogP contribution is -2.38. The third kappa shape index (κ3) is 5.57. The van der Waals surface area contributed by atoms with Crippen molar-refractivity contribution in [3.63, 3.8) is 0 Å². The van der Waals surface area contributed by atoms with Gasteiger partial charge in [0.05, 0.1) is 35.6 Å². The Hall–Kier alpha value is -3.38. The van der Waals surface area contributed by atoms with Gasteiger partial charge >= 0.3 is 0 Å². The molecule has 0 aliphatic rings. The summed E-state index contributed by atoms with van der Waals surface area (Å²) in [5.41, 5.74) is 0.383. The smallest absolute Gasteiger partial charge is 0.269 e. The van der Waals surface area contributed by atoms with Crippen molar-refractivity contribution >= 4 is 46.0 Å². The Morgan fingerprint density at radius 1 is 1.15 bits per heavy atom. The number of ether oxygens (including phenoxy) is 2. The molecule has 0 fully saturated rings. The minimum atomic E-state index is -1.13. The fraction of sp³-hybridized carbons (Fsp3) is 0.238. The van der Waals surface area contributed by atoms with Gasteiger partial charge in [0, 0.05) is 12.4 Å². The van der Waals surface area contributed by atoms with E-state index in [2.05, 4.69) is 30.4 Å². The van der Waals surface area contributed by atoms with Crippen LogP contribution < -0.4 is 10.1 Å². The van der Waals surface area contributed by atoms with Crippen molar-refractivity contribution in [2.24, 2.45) is 0 Å². The SMILES string of the molecule is C[C@@H](O)COC[C@H](Oc1ncnc2c1cnn2-c1ncccc1Cl)C(=O)Nc1ccc(Cl)cn1. The fourth-order valence-electron chi connectivity index (χ4n) is 2.90. The highest BCUT2D eigenvalue weighted by Crippen LogP contribution is 2.26. The van der Waals surface area contributed by atoms with Gasteiger partial charge in [-0.15, -0.1) is 0 Å². The van der Waals surface area contributed by atoms with Gasteiger partial charge in [-0.1, -0.05) is 23.2 Å². The van der Waals surface area contributed by atoms with E-state index in [1.54, 1.807) is 37.4 Å². The summed E-state index contributed by atoms with van der Waals surface area (Å²) in [6, 6.07) is 6.53. The van der Waals surface area contributed by atoms with Crippen molar-refractivity contribution in [1.29, 1.82) is 0 Å². The standard InChI is InChI=1S/C21H19Cl2N7O4/c1-12(31)9-33-10-16(20(32)29-17-5-4-13(22)7-25-17)34-21-14-8-28-30(18(14)26-11-27-21)19-15(23)3-2-6-24-19/h2-8,11-12,16,31H,9-10H2,1H3,(H,25,29,32)/t12-,16+/m1/s1. The summed E-state index contributed by atoms with van der Waals surface area (Å²) < 4.78 is 12.8. The van der Waals surface area contributed by atoms with Crippen LogP contribution in [0.3, 0.4) is 0 Å². The molecule has 0 bridgehead atoms. The quantitative estimate of drug-likeness (QED) is 0.352. The van der Waals surface area contributed by atoms with Gasteiger partial charge in [-0.3, -0.25) is 4.79 Å². The second-order valence-electron chi connectivity index (χ2n) is 7.13. The molecule has 0 saturated carbocycles. The zero-order valence-electron chi connectivity index (χ0n) is 17.8. The molecular formula is C21H19Cl2N7O4. The number of hydrogen-bond donors (Lipinski definition) is 2. The minimum absolute atomic E-state index is 0.0155. The van der Waals surface area contributed by atoms with Crippen LogP contribution in [0.15, 0.2) is 49.2 Å². The number of aliphatic hydroxyl groups is 1. The lowest BCUT2D eigenvalue weighted by Gasteiger charge is -2.19. The number of aliphatic hydroxyl groups excluding tert-OH is 1. The van der Waals surface area contributed by atoms with E-state index in [1.165, 1.54) is 23.4 Å². The van der Waals surface area contributed by atoms with Crippen molar-refractivity contribution in [3.05, 3.63) is 59.2 Å². The molecule has 11 nitrogen and oxygen atoms in total. The van der Waals surface area contributed by atoms with Gasteiger partial charge < -0.3 is 19.9 Å². The number of nitrogens with one attached hydrogen (secondary N) is 1. The van der Waals surface area contributed by atoms with E-state index < -0.39 is 18.1 Å². The Morgan fingerprint density at radius 2 is 2.00 bits per heavy atom. The minimum Gasteiger partial charge on any atom is -0.461 e. The first-order valence-electron chi connectivity index (χ1n) is 10.1. The van der Waals surface area contributed by atoms with E-state index in [0.29, 0.717) is 26.9 Å². The van der Waals surface area contributed by atoms with Gasteiger partial charge in [0.15, 0.2) is 11.5 Å². The number of fused-ring (bicyclic) bond motifs is 1. The molecular weight excluding hydrogens is 485 g/mol. The number of anilines is 1. The highest BCUT2D eigenvalue weighted by atomic mass is 35.5. The van der Waals surface area contributed by atoms with Crippen molar-refractivity contribution in [2.45, 2.75) is 19.1 Å². The van der Waals surface area contributed by atoms with Crippen LogP contribution in [0.2, 0.25) is 10.0 Å². The number of pyridine rings is 2. The van der Waals surface area contributed by atoms with Crippen LogP contribution in [0.25, 0.3) is 16.9 Å². The number of aromatic nitrogens is 6. The van der Waals surface area contributed by atoms with E-state index in [-0.39, 0.29) is 24.9 Å². The van der Waals surface area contributed by atoms with Gasteiger partial charge in [-0.25, -0.2) is 19.9 Å². The van der Waals surface area contributed by atoms with Crippen LogP contribution in [0.4, 0.5) is 5.82 Å². The predicted octanol–water partition coefficient (Wildman–Crippen LogP) is 2.70. The fourth-order valence-corrected chi connectivity index (χ4v) is 3.22. The van der Waals surface area contributed by atoms with Crippen LogP contribution in [0.5, 0.6) is 5.88 Å². The first-order valence-corrected chi connectivity index (χ1v) is 10.8. The lowest BCUT2D eigenvalue weighted by atomic mass is 10.3. The molecule has 0 radical (unpaired) electrons. The molecule has 0 aromatic carbocycles. The van der Waals surface area contributed by atoms with Crippen molar-refractivity contribution in [2.75, 3.05) is 18.5 Å². The maximum Gasteiger partial charge on any atom is 0.269 e. The molecule has 176 valence electrons. The summed E-state index contributed by atoms with van der Waals surface area (Å²) in [7, 11) is 0. The zero-order chi connectivity index (χ0) is 24.1. The van der Waals surface area contributed by atoms with E-state index in [4.69, 9.17) is 32.7 Å². The van der Waals surface area contributed by atoms with Gasteiger partial charge in [0.2, 0.25) is 12.0 Å². The number of hydrogen-bond acceptors (Lipinski definition) is 9. The number of carbonyl (C=O) groups is 1. The molecule has 0 aliphatic heterocycles. The van der Waals surface area contributed by atoms with Gasteiger partial charge in [-0.2, -0.15) is 9.78 Å². The van der Waals surface area contributed by atoms with E-state index in [1.807, 2.05) is 0 Å². The van der Waals surface area contributed by atoms with E-state index in [0.717, 1.165) is 0 Å². The molecule has 0 unspecified atom stereocenters. The molecule has 4 aromatic rings. The van der Waals surface area contributed by atoms with Crippen molar-refractivity contribution < 1.29 is 19.4 Å². The van der Waals surface area contributed by atoms with E-state index >= 15 is 0 Å². The molecule has 34 heavy (non-hydrogen) atoms. The third-order valence-electron chi connectivity index (χ3n) is 4.42. The number of halogens is 2. The second kappa shape index (κ2) is 10.7. The molecule has 4 heterocycles. The summed E-state index contributed by atoms with van der Waals surface area (Å²) in [6.07, 6.45) is 3.91. The normalized spacial score (nSPS) is 12.9. The van der Waals surface area contributed by atoms with Gasteiger partial charge in [0.25, 0.3) is 5.91 Å². The molecule has 0 aliphatic carbocycles. The third-order valence-corrected chi connectivity index (χ3v) is 4.94. The van der Waals surface area contributed by atoms with Crippen LogP contribution in [0, 0.1) is 0 Å². The molecule has 13 heteroatoms. The monoisotopic (exact) mass is 503 g/mol. The van der Waals surface area contributed by atoms with Gasteiger partial charge in [-0.05, 0) is 31.2 Å². The van der Waals surface area contributed by atoms with Crippen LogP contribution in [-0.2, 0) is 9.53 Å². The summed E-state index contributed by atoms with van der Waals surface area (Å²) in [5, 5.41) is 17.7. The average molecular weight is 504 g/mol. The Balaban J connectivity index is 1.61. The molecule has 0 spiro atoms. The molecule has 0 saturated heterocycles. The lowest BCUT2D eigenvalue weighted by molar-refractivity contribution is -0.126. The van der Waals surface area contributed by atoms with Crippen LogP contribution >= 0.6 is 23.2 Å². The highest BCUT2D eigenvalue weighted by molar-refractivity contribution is 6.32. The summed E-state index contributed by atoms with van der Waals surface area (Å²) in [6.45, 7) is 1.43. The Morgan fingerprint density at radius 3 is 2.74 bits per heavy atom. The largest absolute Gasteiger partial charge is 0.461 e. The predicted molar refractivity (Wildman–Crippen MR) is 124 cm³/mol. The Labute approximate surface area is 203 Å². The topological polar surface area (TPSA) is 137 Å². The van der Waals surface area contributed by atoms with Crippen molar-refractivity contribution in [1.82, 2.24) is 29.7 Å². The summed E-state index contributed by atoms with van der Waals surface area (Å²) in [5.74, 6) is 0.233. The molecule has 2 atom stereocenters. The first kappa shape index (κ1) is 23.8. The second-order valence-corrected chi connectivity index (χ2v) is 7.97. The molecule has 2 N–H and O–H groups in total. The van der Waals surface area contributed by atoms with E-state index in [9.17, 15) is 9.90 Å². The Bertz CT molecular complexity index is 1280. The number of amides is 1. The van der Waals surface area contributed by atoms with Crippen LogP contribution in [0.1, 0.15) is 6.92 Å². The average Bonchev–Trinajstić information content (AvgIpc) is 3.25. The molecule has 1 amide bonds. The maximum atomic E-state index is 12.9. The number of nitrogens with zero attached hydrogens (tertiary/aromatic N) is 6.